The molecule has 2 aromatic rings. The molecule has 2 heteroatoms. The Morgan fingerprint density at radius 1 is 1.07 bits per heavy atom. The van der Waals surface area contributed by atoms with Crippen molar-refractivity contribution in [3.8, 4) is 11.3 Å². The number of aromatic nitrogens is 1. The zero-order valence-corrected chi connectivity index (χ0v) is 8.59. The van der Waals surface area contributed by atoms with Crippen molar-refractivity contribution in [3.63, 3.8) is 0 Å². The van der Waals surface area contributed by atoms with Crippen LogP contribution in [0.25, 0.3) is 11.3 Å². The summed E-state index contributed by atoms with van der Waals surface area (Å²) >= 11 is 0. The molecule has 0 spiro atoms. The summed E-state index contributed by atoms with van der Waals surface area (Å²) in [6, 6.07) is 14.1. The molecule has 2 nitrogen and oxygen atoms in total. The Labute approximate surface area is 89.3 Å². The van der Waals surface area contributed by atoms with Crippen molar-refractivity contribution < 1.29 is 0 Å². The number of hydrogen-bond donors (Lipinski definition) is 0. The van der Waals surface area contributed by atoms with Crippen LogP contribution in [0.3, 0.4) is 0 Å². The fourth-order valence-electron chi connectivity index (χ4n) is 1.42. The van der Waals surface area contributed by atoms with Gasteiger partial charge >= 0.3 is 0 Å². The van der Waals surface area contributed by atoms with Gasteiger partial charge in [0.25, 0.3) is 0 Å². The molecule has 1 aromatic carbocycles. The number of benzene rings is 1. The Morgan fingerprint density at radius 3 is 2.47 bits per heavy atom. The lowest BCUT2D eigenvalue weighted by molar-refractivity contribution is 1.33. The van der Waals surface area contributed by atoms with Crippen LogP contribution >= 0.6 is 0 Å². The second-order valence-electron chi connectivity index (χ2n) is 3.22. The average molecular weight is 196 g/mol. The van der Waals surface area contributed by atoms with Gasteiger partial charge in [-0.3, -0.25) is 9.98 Å². The van der Waals surface area contributed by atoms with Crippen molar-refractivity contribution >= 4 is 6.21 Å². The van der Waals surface area contributed by atoms with Gasteiger partial charge in [-0.25, -0.2) is 0 Å². The molecule has 0 radical (unpaired) electrons. The largest absolute Gasteiger partial charge is 0.296 e. The van der Waals surface area contributed by atoms with Gasteiger partial charge in [-0.05, 0) is 17.7 Å². The topological polar surface area (TPSA) is 25.2 Å². The van der Waals surface area contributed by atoms with Crippen molar-refractivity contribution in [2.45, 2.75) is 0 Å². The van der Waals surface area contributed by atoms with Gasteiger partial charge in [-0.1, -0.05) is 30.3 Å². The highest BCUT2D eigenvalue weighted by Crippen LogP contribution is 2.15. The fraction of sp³-hybridized carbons (Fsp3) is 0.0769. The van der Waals surface area contributed by atoms with E-state index in [0.717, 1.165) is 16.8 Å². The maximum absolute atomic E-state index is 4.29. The lowest BCUT2D eigenvalue weighted by Crippen LogP contribution is -1.84. The zero-order valence-electron chi connectivity index (χ0n) is 8.59. The predicted molar refractivity (Wildman–Crippen MR) is 63.2 cm³/mol. The number of nitrogens with zero attached hydrogens (tertiary/aromatic N) is 2. The molecule has 74 valence electrons. The molecule has 15 heavy (non-hydrogen) atoms. The minimum absolute atomic E-state index is 0.998. The summed E-state index contributed by atoms with van der Waals surface area (Å²) in [6.07, 6.45) is 3.64. The standard InChI is InChI=1S/C13H12N2/c1-14-10-11-5-7-12(8-6-11)13-4-2-3-9-15-13/h2-10H,1H3. The molecule has 0 aliphatic heterocycles. The monoisotopic (exact) mass is 196 g/mol. The van der Waals surface area contributed by atoms with E-state index in [1.807, 2.05) is 36.5 Å². The average Bonchev–Trinajstić information content (AvgIpc) is 2.32. The Hall–Kier alpha value is -1.96. The molecular formula is C13H12N2. The minimum Gasteiger partial charge on any atom is -0.296 e. The molecule has 1 heterocycles. The van der Waals surface area contributed by atoms with E-state index >= 15 is 0 Å². The third kappa shape index (κ3) is 2.29. The summed E-state index contributed by atoms with van der Waals surface area (Å²) < 4.78 is 0. The van der Waals surface area contributed by atoms with Gasteiger partial charge in [0.15, 0.2) is 0 Å². The van der Waals surface area contributed by atoms with Gasteiger partial charge in [0.1, 0.15) is 0 Å². The van der Waals surface area contributed by atoms with E-state index in [9.17, 15) is 0 Å². The smallest absolute Gasteiger partial charge is 0.0701 e. The maximum atomic E-state index is 4.29. The van der Waals surface area contributed by atoms with E-state index in [4.69, 9.17) is 0 Å². The van der Waals surface area contributed by atoms with Gasteiger partial charge in [0, 0.05) is 25.0 Å². The van der Waals surface area contributed by atoms with Gasteiger partial charge < -0.3 is 0 Å². The second-order valence-corrected chi connectivity index (χ2v) is 3.22. The molecule has 0 fully saturated rings. The summed E-state index contributed by atoms with van der Waals surface area (Å²) in [5.41, 5.74) is 3.23. The normalized spacial score (nSPS) is 10.7. The number of aliphatic imine (C=N–C) groups is 1. The predicted octanol–water partition coefficient (Wildman–Crippen LogP) is 2.80. The van der Waals surface area contributed by atoms with Gasteiger partial charge in [-0.2, -0.15) is 0 Å². The highest BCUT2D eigenvalue weighted by Gasteiger charge is 1.96. The summed E-state index contributed by atoms with van der Waals surface area (Å²) in [6.45, 7) is 0. The van der Waals surface area contributed by atoms with Crippen molar-refractivity contribution in [3.05, 3.63) is 54.2 Å². The Kier molecular flexibility index (Phi) is 2.88. The van der Waals surface area contributed by atoms with E-state index in [1.54, 1.807) is 13.2 Å². The van der Waals surface area contributed by atoms with Crippen molar-refractivity contribution in [1.29, 1.82) is 0 Å². The van der Waals surface area contributed by atoms with E-state index in [1.165, 1.54) is 0 Å². The van der Waals surface area contributed by atoms with Crippen LogP contribution in [0, 0.1) is 0 Å². The maximum Gasteiger partial charge on any atom is 0.0701 e. The molecule has 0 saturated heterocycles. The first kappa shape index (κ1) is 9.59. The number of hydrogen-bond acceptors (Lipinski definition) is 2. The summed E-state index contributed by atoms with van der Waals surface area (Å²) in [5.74, 6) is 0. The zero-order chi connectivity index (χ0) is 10.5. The molecule has 0 amide bonds. The molecule has 0 atom stereocenters. The van der Waals surface area contributed by atoms with Crippen LogP contribution < -0.4 is 0 Å². The highest BCUT2D eigenvalue weighted by atomic mass is 14.7. The van der Waals surface area contributed by atoms with Crippen LogP contribution in [0.5, 0.6) is 0 Å². The van der Waals surface area contributed by atoms with Gasteiger partial charge in [0.2, 0.25) is 0 Å². The van der Waals surface area contributed by atoms with E-state index < -0.39 is 0 Å². The number of pyridine rings is 1. The first-order valence-electron chi connectivity index (χ1n) is 4.84. The summed E-state index contributed by atoms with van der Waals surface area (Å²) in [5, 5.41) is 0. The first-order chi connectivity index (χ1) is 7.40. The minimum atomic E-state index is 0.998. The highest BCUT2D eigenvalue weighted by molar-refractivity contribution is 5.80. The third-order valence-electron chi connectivity index (χ3n) is 2.15. The summed E-state index contributed by atoms with van der Waals surface area (Å²) in [4.78, 5) is 8.26. The lowest BCUT2D eigenvalue weighted by Gasteiger charge is -2.00. The van der Waals surface area contributed by atoms with Crippen molar-refractivity contribution in [2.75, 3.05) is 7.05 Å². The Morgan fingerprint density at radius 2 is 1.87 bits per heavy atom. The Balaban J connectivity index is 2.32. The van der Waals surface area contributed by atoms with E-state index in [2.05, 4.69) is 22.1 Å². The molecule has 0 saturated carbocycles. The van der Waals surface area contributed by atoms with Crippen LogP contribution in [0.15, 0.2) is 53.7 Å². The SMILES string of the molecule is CN=Cc1ccc(-c2ccccn2)cc1. The van der Waals surface area contributed by atoms with Crippen LogP contribution in [0.1, 0.15) is 5.56 Å². The van der Waals surface area contributed by atoms with Crippen LogP contribution in [0.4, 0.5) is 0 Å². The number of rotatable bonds is 2. The Bertz CT molecular complexity index is 444. The molecule has 0 bridgehead atoms. The van der Waals surface area contributed by atoms with Gasteiger partial charge in [-0.15, -0.1) is 0 Å². The van der Waals surface area contributed by atoms with Crippen molar-refractivity contribution in [1.82, 2.24) is 4.98 Å². The molecular weight excluding hydrogens is 184 g/mol. The quantitative estimate of drug-likeness (QED) is 0.678. The molecule has 0 aliphatic carbocycles. The molecule has 0 unspecified atom stereocenters. The molecule has 1 aromatic heterocycles. The first-order valence-corrected chi connectivity index (χ1v) is 4.84. The van der Waals surface area contributed by atoms with E-state index in [0.29, 0.717) is 0 Å². The summed E-state index contributed by atoms with van der Waals surface area (Å²) in [7, 11) is 1.77. The molecule has 2 rings (SSSR count). The van der Waals surface area contributed by atoms with Crippen molar-refractivity contribution in [2.24, 2.45) is 4.99 Å². The third-order valence-corrected chi connectivity index (χ3v) is 2.15. The van der Waals surface area contributed by atoms with E-state index in [-0.39, 0.29) is 0 Å². The van der Waals surface area contributed by atoms with Crippen LogP contribution in [-0.2, 0) is 0 Å². The molecule has 0 aliphatic rings. The van der Waals surface area contributed by atoms with Gasteiger partial charge in [0.05, 0.1) is 5.69 Å². The van der Waals surface area contributed by atoms with Crippen LogP contribution in [0.2, 0.25) is 0 Å². The lowest BCUT2D eigenvalue weighted by atomic mass is 10.1. The fourth-order valence-corrected chi connectivity index (χ4v) is 1.42. The van der Waals surface area contributed by atoms with Crippen LogP contribution in [-0.4, -0.2) is 18.2 Å². The second kappa shape index (κ2) is 4.51. The molecule has 0 N–H and O–H groups in total.